The van der Waals surface area contributed by atoms with Gasteiger partial charge in [-0.05, 0) is 79.3 Å². The molecular weight excluding hydrogens is 629 g/mol. The van der Waals surface area contributed by atoms with Gasteiger partial charge in [-0.3, -0.25) is 4.31 Å². The van der Waals surface area contributed by atoms with Gasteiger partial charge in [0, 0.05) is 48.0 Å². The van der Waals surface area contributed by atoms with Crippen LogP contribution >= 0.6 is 11.3 Å². The van der Waals surface area contributed by atoms with Crippen LogP contribution in [0, 0.1) is 0 Å². The molecule has 0 saturated heterocycles. The Bertz CT molecular complexity index is 1870. The fraction of sp³-hybridized carbons (Fsp3) is 0.389. The lowest BCUT2D eigenvalue weighted by Gasteiger charge is -2.27. The summed E-state index contributed by atoms with van der Waals surface area (Å²) in [5.74, 6) is 0. The minimum absolute atomic E-state index is 0.123. The Morgan fingerprint density at radius 3 is 2.70 bits per heavy atom. The molecule has 6 rings (SSSR count). The van der Waals surface area contributed by atoms with Gasteiger partial charge in [-0.15, -0.1) is 11.3 Å². The fourth-order valence-electron chi connectivity index (χ4n) is 6.48. The predicted octanol–water partition coefficient (Wildman–Crippen LogP) is 7.26. The Balaban J connectivity index is 1.28. The number of pyridine rings is 1. The molecule has 11 heteroatoms. The molecule has 5 aromatic rings. The minimum Gasteiger partial charge on any atom is -0.388 e. The van der Waals surface area contributed by atoms with Gasteiger partial charge in [0.2, 0.25) is 0 Å². The van der Waals surface area contributed by atoms with E-state index in [1.54, 1.807) is 41.8 Å². The topological polar surface area (TPSA) is 128 Å². The predicted molar refractivity (Wildman–Crippen MR) is 191 cm³/mol. The van der Waals surface area contributed by atoms with Gasteiger partial charge in [-0.25, -0.2) is 18.4 Å². The summed E-state index contributed by atoms with van der Waals surface area (Å²) in [6.45, 7) is 2.60. The number of aliphatic hydroxyl groups excluding tert-OH is 1. The van der Waals surface area contributed by atoms with Crippen molar-refractivity contribution in [2.45, 2.75) is 81.8 Å². The Kier molecular flexibility index (Phi) is 10.6. The fourth-order valence-corrected chi connectivity index (χ4v) is 8.95. The van der Waals surface area contributed by atoms with Crippen molar-refractivity contribution in [1.29, 1.82) is 0 Å². The first-order valence-electron chi connectivity index (χ1n) is 16.6. The van der Waals surface area contributed by atoms with Crippen molar-refractivity contribution in [3.8, 4) is 0 Å². The molecule has 4 heterocycles. The van der Waals surface area contributed by atoms with E-state index in [1.165, 1.54) is 36.4 Å². The van der Waals surface area contributed by atoms with E-state index in [9.17, 15) is 13.5 Å². The second kappa shape index (κ2) is 15.0. The molecule has 3 aromatic heterocycles. The number of aryl methyl sites for hydroxylation is 1. The zero-order valence-corrected chi connectivity index (χ0v) is 28.5. The summed E-state index contributed by atoms with van der Waals surface area (Å²) < 4.78 is 29.4. The number of rotatable bonds is 16. The number of nitrogens with one attached hydrogen (secondary N) is 1. The molecule has 0 spiro atoms. The van der Waals surface area contributed by atoms with E-state index in [0.29, 0.717) is 18.5 Å². The molecule has 2 atom stereocenters. The summed E-state index contributed by atoms with van der Waals surface area (Å²) in [5, 5.41) is 15.4. The molecular formula is C36H44N6O3S2. The van der Waals surface area contributed by atoms with Crippen molar-refractivity contribution >= 4 is 48.9 Å². The van der Waals surface area contributed by atoms with Gasteiger partial charge in [0.25, 0.3) is 10.0 Å². The number of para-hydroxylation sites is 1. The number of hydrogen-bond acceptors (Lipinski definition) is 8. The summed E-state index contributed by atoms with van der Waals surface area (Å²) >= 11 is 1.61. The highest BCUT2D eigenvalue weighted by molar-refractivity contribution is 7.92. The molecule has 0 saturated carbocycles. The molecule has 0 aliphatic carbocycles. The summed E-state index contributed by atoms with van der Waals surface area (Å²) in [4.78, 5) is 15.1. The number of unbranched alkanes of at least 4 members (excludes halogenated alkanes) is 5. The van der Waals surface area contributed by atoms with E-state index in [-0.39, 0.29) is 24.0 Å². The van der Waals surface area contributed by atoms with Gasteiger partial charge < -0.3 is 20.7 Å². The van der Waals surface area contributed by atoms with Gasteiger partial charge in [0.05, 0.1) is 22.4 Å². The highest BCUT2D eigenvalue weighted by atomic mass is 32.2. The van der Waals surface area contributed by atoms with Crippen LogP contribution in [0.1, 0.15) is 74.8 Å². The van der Waals surface area contributed by atoms with E-state index in [0.717, 1.165) is 51.5 Å². The lowest BCUT2D eigenvalue weighted by molar-refractivity contribution is 0.158. The quantitative estimate of drug-likeness (QED) is 0.0941. The number of aliphatic hydroxyl groups is 1. The molecule has 4 N–H and O–H groups in total. The van der Waals surface area contributed by atoms with Gasteiger partial charge >= 0.3 is 0 Å². The number of anilines is 3. The maximum absolute atomic E-state index is 14.0. The van der Waals surface area contributed by atoms with E-state index < -0.39 is 16.1 Å². The number of fused-ring (bicyclic) bond motifs is 2. The third kappa shape index (κ3) is 7.38. The van der Waals surface area contributed by atoms with Crippen LogP contribution in [0.5, 0.6) is 0 Å². The molecule has 0 amide bonds. The van der Waals surface area contributed by atoms with Crippen LogP contribution in [-0.4, -0.2) is 47.6 Å². The van der Waals surface area contributed by atoms with Crippen molar-refractivity contribution in [2.24, 2.45) is 5.73 Å². The average Bonchev–Trinajstić information content (AvgIpc) is 3.83. The molecule has 47 heavy (non-hydrogen) atoms. The second-order valence-corrected chi connectivity index (χ2v) is 15.0. The number of aromatic amines is 1. The minimum atomic E-state index is -3.87. The third-order valence-corrected chi connectivity index (χ3v) is 11.6. The molecule has 0 bridgehead atoms. The number of H-pyrrole nitrogens is 1. The van der Waals surface area contributed by atoms with E-state index >= 15 is 0 Å². The first kappa shape index (κ1) is 33.1. The molecule has 0 radical (unpaired) electrons. The number of benzene rings is 2. The molecule has 1 aliphatic heterocycles. The van der Waals surface area contributed by atoms with Crippen LogP contribution in [0.2, 0.25) is 0 Å². The number of aromatic nitrogens is 3. The third-order valence-electron chi connectivity index (χ3n) is 8.93. The van der Waals surface area contributed by atoms with Crippen LogP contribution in [0.4, 0.5) is 16.5 Å². The molecule has 0 fully saturated rings. The van der Waals surface area contributed by atoms with Crippen molar-refractivity contribution < 1.29 is 13.5 Å². The van der Waals surface area contributed by atoms with Crippen LogP contribution in [-0.2, 0) is 22.9 Å². The average molecular weight is 673 g/mol. The van der Waals surface area contributed by atoms with Gasteiger partial charge in [0.1, 0.15) is 5.65 Å². The Labute approximate surface area is 281 Å². The highest BCUT2D eigenvalue weighted by Crippen LogP contribution is 2.44. The van der Waals surface area contributed by atoms with E-state index in [4.69, 9.17) is 10.7 Å². The molecule has 9 nitrogen and oxygen atoms in total. The Morgan fingerprint density at radius 1 is 1.09 bits per heavy atom. The Morgan fingerprint density at radius 2 is 1.89 bits per heavy atom. The van der Waals surface area contributed by atoms with Crippen molar-refractivity contribution in [1.82, 2.24) is 15.0 Å². The standard InChI is InChI=1S/C36H44N6O3S2/c1-2-3-4-5-6-8-11-29-25-46-36(40-29)42-31(23-34(43)28-20-26-16-18-38-35(26)39-24-28)21-27-22-32(14-15-33(27)42)47(44,45)41(19-17-37)30-12-9-7-10-13-30/h7,9-10,12-16,18,20,22,24-25,31,34,43H,2-6,8,11,17,19,21,23,37H2,1H3,(H,38,39). The largest absolute Gasteiger partial charge is 0.388 e. The van der Waals surface area contributed by atoms with Crippen LogP contribution < -0.4 is 14.9 Å². The highest BCUT2D eigenvalue weighted by Gasteiger charge is 2.36. The summed E-state index contributed by atoms with van der Waals surface area (Å²) in [6.07, 6.45) is 12.1. The van der Waals surface area contributed by atoms with E-state index in [1.807, 2.05) is 42.6 Å². The number of hydrogen-bond donors (Lipinski definition) is 3. The van der Waals surface area contributed by atoms with Gasteiger partial charge in [-0.1, -0.05) is 57.2 Å². The number of sulfonamides is 1. The van der Waals surface area contributed by atoms with Crippen molar-refractivity contribution in [2.75, 3.05) is 22.3 Å². The smallest absolute Gasteiger partial charge is 0.264 e. The zero-order valence-electron chi connectivity index (χ0n) is 26.9. The summed E-state index contributed by atoms with van der Waals surface area (Å²) in [6, 6.07) is 18.2. The zero-order chi connectivity index (χ0) is 32.8. The molecule has 1 aliphatic rings. The lowest BCUT2D eigenvalue weighted by Crippen LogP contribution is -2.35. The van der Waals surface area contributed by atoms with Crippen LogP contribution in [0.25, 0.3) is 11.0 Å². The Hall–Kier alpha value is -3.77. The summed E-state index contributed by atoms with van der Waals surface area (Å²) in [7, 11) is -3.87. The normalized spacial score (nSPS) is 15.3. The number of nitrogens with two attached hydrogens (primary N) is 1. The maximum Gasteiger partial charge on any atom is 0.264 e. The first-order valence-corrected chi connectivity index (χ1v) is 19.0. The molecule has 248 valence electrons. The SMILES string of the molecule is CCCCCCCCc1csc(N2c3ccc(S(=O)(=O)N(CCN)c4ccccc4)cc3CC2CC(O)c2cnc3[nH]ccc3c2)n1. The monoisotopic (exact) mass is 672 g/mol. The van der Waals surface area contributed by atoms with Crippen LogP contribution in [0.3, 0.4) is 0 Å². The van der Waals surface area contributed by atoms with Gasteiger partial charge in [0.15, 0.2) is 5.13 Å². The lowest BCUT2D eigenvalue weighted by atomic mass is 10.00. The molecule has 2 unspecified atom stereocenters. The molecule has 2 aromatic carbocycles. The maximum atomic E-state index is 14.0. The number of nitrogens with zero attached hydrogens (tertiary/aromatic N) is 4. The van der Waals surface area contributed by atoms with Crippen molar-refractivity contribution in [3.05, 3.63) is 95.3 Å². The second-order valence-electron chi connectivity index (χ2n) is 12.3. The summed E-state index contributed by atoms with van der Waals surface area (Å²) in [5.41, 5.74) is 10.9. The van der Waals surface area contributed by atoms with Crippen molar-refractivity contribution in [3.63, 3.8) is 0 Å². The number of thiazole rings is 1. The first-order chi connectivity index (χ1) is 22.9. The van der Waals surface area contributed by atoms with Gasteiger partial charge in [-0.2, -0.15) is 0 Å². The van der Waals surface area contributed by atoms with E-state index in [2.05, 4.69) is 27.2 Å². The van der Waals surface area contributed by atoms with Crippen LogP contribution in [0.15, 0.2) is 83.3 Å².